The van der Waals surface area contributed by atoms with Crippen molar-refractivity contribution in [3.8, 4) is 0 Å². The molecule has 5 nitrogen and oxygen atoms in total. The van der Waals surface area contributed by atoms with Crippen molar-refractivity contribution in [2.45, 2.75) is 31.8 Å². The van der Waals surface area contributed by atoms with E-state index in [2.05, 4.69) is 26.7 Å². The predicted octanol–water partition coefficient (Wildman–Crippen LogP) is 2.01. The number of nitrogens with one attached hydrogen (secondary N) is 3. The third-order valence-corrected chi connectivity index (χ3v) is 3.66. The van der Waals surface area contributed by atoms with Crippen LogP contribution in [0.1, 0.15) is 30.8 Å². The van der Waals surface area contributed by atoms with E-state index in [1.165, 1.54) is 5.56 Å². The van der Waals surface area contributed by atoms with Gasteiger partial charge < -0.3 is 15.6 Å². The fourth-order valence-electron chi connectivity index (χ4n) is 2.56. The Hall–Kier alpha value is -2.30. The highest BCUT2D eigenvalue weighted by Crippen LogP contribution is 2.25. The van der Waals surface area contributed by atoms with Crippen molar-refractivity contribution in [3.63, 3.8) is 0 Å². The third-order valence-electron chi connectivity index (χ3n) is 3.66. The van der Waals surface area contributed by atoms with Gasteiger partial charge in [0.1, 0.15) is 11.9 Å². The number of carbonyl (C=O) groups is 1. The molecule has 1 aliphatic heterocycles. The van der Waals surface area contributed by atoms with Gasteiger partial charge in [0.15, 0.2) is 0 Å². The summed E-state index contributed by atoms with van der Waals surface area (Å²) in [6.45, 7) is 2.03. The smallest absolute Gasteiger partial charge is 0.243 e. The molecule has 2 atom stereocenters. The van der Waals surface area contributed by atoms with Gasteiger partial charge in [-0.1, -0.05) is 25.1 Å². The van der Waals surface area contributed by atoms with Crippen LogP contribution < -0.4 is 10.6 Å². The highest BCUT2D eigenvalue weighted by molar-refractivity contribution is 5.87. The molecule has 20 heavy (non-hydrogen) atoms. The summed E-state index contributed by atoms with van der Waals surface area (Å²) in [6.07, 6.45) is 5.01. The zero-order chi connectivity index (χ0) is 13.9. The fourth-order valence-corrected chi connectivity index (χ4v) is 2.56. The van der Waals surface area contributed by atoms with Crippen molar-refractivity contribution < 1.29 is 4.79 Å². The van der Waals surface area contributed by atoms with E-state index in [9.17, 15) is 4.79 Å². The Morgan fingerprint density at radius 1 is 1.50 bits per heavy atom. The van der Waals surface area contributed by atoms with Gasteiger partial charge in [-0.15, -0.1) is 0 Å². The number of aromatic nitrogens is 2. The Bertz CT molecular complexity index is 569. The van der Waals surface area contributed by atoms with Crippen LogP contribution in [-0.2, 0) is 11.2 Å². The summed E-state index contributed by atoms with van der Waals surface area (Å²) in [5, 5.41) is 6.32. The molecule has 0 fully saturated rings. The number of aromatic amines is 1. The molecule has 0 spiro atoms. The van der Waals surface area contributed by atoms with Crippen molar-refractivity contribution in [2.24, 2.45) is 0 Å². The van der Waals surface area contributed by atoms with Gasteiger partial charge in [-0.2, -0.15) is 0 Å². The number of rotatable bonds is 4. The fraction of sp³-hybridized carbons (Fsp3) is 0.333. The van der Waals surface area contributed by atoms with Crippen molar-refractivity contribution >= 4 is 11.6 Å². The number of hydrogen-bond donors (Lipinski definition) is 3. The minimum absolute atomic E-state index is 0.0180. The summed E-state index contributed by atoms with van der Waals surface area (Å²) in [5.74, 6) is 0.820. The molecule has 2 heterocycles. The molecule has 1 amide bonds. The lowest BCUT2D eigenvalue weighted by atomic mass is 10.1. The van der Waals surface area contributed by atoms with Crippen LogP contribution in [0, 0.1) is 0 Å². The van der Waals surface area contributed by atoms with Crippen LogP contribution >= 0.6 is 0 Å². The normalized spacial score (nSPS) is 18.1. The molecule has 1 aliphatic rings. The maximum absolute atomic E-state index is 12.4. The number of nitrogens with zero attached hydrogens (tertiary/aromatic N) is 1. The molecule has 1 aromatic carbocycles. The first-order chi connectivity index (χ1) is 9.78. The van der Waals surface area contributed by atoms with Crippen molar-refractivity contribution in [1.29, 1.82) is 0 Å². The molecule has 1 unspecified atom stereocenters. The average molecular weight is 270 g/mol. The Labute approximate surface area is 117 Å². The van der Waals surface area contributed by atoms with Gasteiger partial charge in [0.25, 0.3) is 0 Å². The van der Waals surface area contributed by atoms with E-state index in [1.807, 2.05) is 25.1 Å². The number of para-hydroxylation sites is 1. The Kier molecular flexibility index (Phi) is 3.41. The largest absolute Gasteiger partial charge is 0.373 e. The standard InChI is InChI=1S/C15H18N4O/c1-2-11(14-16-7-8-17-14)19-15(20)13-9-10-5-3-4-6-12(10)18-13/h3-8,11,13,18H,2,9H2,1H3,(H,16,17)(H,19,20)/t11?,13-/m0/s1. The lowest BCUT2D eigenvalue weighted by molar-refractivity contribution is -0.122. The molecule has 0 saturated carbocycles. The van der Waals surface area contributed by atoms with E-state index < -0.39 is 0 Å². The molecule has 0 aliphatic carbocycles. The molecule has 3 N–H and O–H groups in total. The number of carbonyl (C=O) groups excluding carboxylic acids is 1. The van der Waals surface area contributed by atoms with Gasteiger partial charge in [0, 0.05) is 24.5 Å². The highest BCUT2D eigenvalue weighted by Gasteiger charge is 2.28. The van der Waals surface area contributed by atoms with Crippen LogP contribution in [0.25, 0.3) is 0 Å². The van der Waals surface area contributed by atoms with E-state index in [-0.39, 0.29) is 18.0 Å². The topological polar surface area (TPSA) is 69.8 Å². The van der Waals surface area contributed by atoms with Gasteiger partial charge in [-0.3, -0.25) is 4.79 Å². The Balaban J connectivity index is 1.66. The number of benzene rings is 1. The molecule has 3 rings (SSSR count). The third kappa shape index (κ3) is 2.39. The number of anilines is 1. The molecule has 0 saturated heterocycles. The van der Waals surface area contributed by atoms with Crippen LogP contribution in [0.4, 0.5) is 5.69 Å². The minimum Gasteiger partial charge on any atom is -0.373 e. The van der Waals surface area contributed by atoms with Crippen LogP contribution in [-0.4, -0.2) is 21.9 Å². The second kappa shape index (κ2) is 5.36. The van der Waals surface area contributed by atoms with Crippen molar-refractivity contribution in [1.82, 2.24) is 15.3 Å². The second-order valence-electron chi connectivity index (χ2n) is 5.00. The van der Waals surface area contributed by atoms with E-state index >= 15 is 0 Å². The summed E-state index contributed by atoms with van der Waals surface area (Å²) in [7, 11) is 0. The van der Waals surface area contributed by atoms with Crippen LogP contribution in [0.15, 0.2) is 36.7 Å². The summed E-state index contributed by atoms with van der Waals surface area (Å²) >= 11 is 0. The quantitative estimate of drug-likeness (QED) is 0.796. The molecule has 104 valence electrons. The number of H-pyrrole nitrogens is 1. The number of amides is 1. The van der Waals surface area contributed by atoms with Gasteiger partial charge in [-0.05, 0) is 18.1 Å². The Morgan fingerprint density at radius 3 is 3.05 bits per heavy atom. The van der Waals surface area contributed by atoms with Gasteiger partial charge >= 0.3 is 0 Å². The lowest BCUT2D eigenvalue weighted by Gasteiger charge is -2.18. The summed E-state index contributed by atoms with van der Waals surface area (Å²) < 4.78 is 0. The SMILES string of the molecule is CCC(NC(=O)[C@@H]1Cc2ccccc2N1)c1ncc[nH]1. The predicted molar refractivity (Wildman–Crippen MR) is 77.3 cm³/mol. The maximum Gasteiger partial charge on any atom is 0.243 e. The van der Waals surface area contributed by atoms with Gasteiger partial charge in [0.05, 0.1) is 6.04 Å². The van der Waals surface area contributed by atoms with Crippen molar-refractivity contribution in [2.75, 3.05) is 5.32 Å². The molecule has 2 aromatic rings. The molecular formula is C15H18N4O. The molecular weight excluding hydrogens is 252 g/mol. The first-order valence-electron chi connectivity index (χ1n) is 6.92. The Morgan fingerprint density at radius 2 is 2.35 bits per heavy atom. The molecule has 0 bridgehead atoms. The van der Waals surface area contributed by atoms with E-state index in [0.29, 0.717) is 0 Å². The van der Waals surface area contributed by atoms with E-state index in [1.54, 1.807) is 12.4 Å². The maximum atomic E-state index is 12.4. The monoisotopic (exact) mass is 270 g/mol. The van der Waals surface area contributed by atoms with Crippen molar-refractivity contribution in [3.05, 3.63) is 48.0 Å². The summed E-state index contributed by atoms with van der Waals surface area (Å²) in [4.78, 5) is 19.6. The lowest BCUT2D eigenvalue weighted by Crippen LogP contribution is -2.40. The van der Waals surface area contributed by atoms with E-state index in [4.69, 9.17) is 0 Å². The van der Waals surface area contributed by atoms with Crippen LogP contribution in [0.5, 0.6) is 0 Å². The molecule has 5 heteroatoms. The zero-order valence-electron chi connectivity index (χ0n) is 11.4. The average Bonchev–Trinajstić information content (AvgIpc) is 3.13. The summed E-state index contributed by atoms with van der Waals surface area (Å²) in [6, 6.07) is 7.77. The van der Waals surface area contributed by atoms with Gasteiger partial charge in [0.2, 0.25) is 5.91 Å². The van der Waals surface area contributed by atoms with E-state index in [0.717, 1.165) is 24.4 Å². The van der Waals surface area contributed by atoms with Gasteiger partial charge in [-0.25, -0.2) is 4.98 Å². The first kappa shape index (κ1) is 12.7. The number of imidazole rings is 1. The van der Waals surface area contributed by atoms with Crippen LogP contribution in [0.3, 0.4) is 0 Å². The highest BCUT2D eigenvalue weighted by atomic mass is 16.2. The minimum atomic E-state index is -0.198. The zero-order valence-corrected chi connectivity index (χ0v) is 11.4. The second-order valence-corrected chi connectivity index (χ2v) is 5.00. The first-order valence-corrected chi connectivity index (χ1v) is 6.92. The van der Waals surface area contributed by atoms with Crippen LogP contribution in [0.2, 0.25) is 0 Å². The summed E-state index contributed by atoms with van der Waals surface area (Å²) in [5.41, 5.74) is 2.25. The number of hydrogen-bond acceptors (Lipinski definition) is 3. The number of fused-ring (bicyclic) bond motifs is 1. The molecule has 0 radical (unpaired) electrons. The molecule has 1 aromatic heterocycles.